The molecule has 4 rings (SSSR count). The van der Waals surface area contributed by atoms with Gasteiger partial charge in [0, 0.05) is 31.8 Å². The smallest absolute Gasteiger partial charge is 0.254 e. The zero-order valence-electron chi connectivity index (χ0n) is 14.7. The molecular formula is C21H22N2O2. The van der Waals surface area contributed by atoms with Crippen LogP contribution in [0.15, 0.2) is 42.5 Å². The van der Waals surface area contributed by atoms with E-state index in [1.807, 2.05) is 36.2 Å². The van der Waals surface area contributed by atoms with Gasteiger partial charge in [0.2, 0.25) is 5.91 Å². The maximum Gasteiger partial charge on any atom is 0.254 e. The maximum absolute atomic E-state index is 13.0. The summed E-state index contributed by atoms with van der Waals surface area (Å²) >= 11 is 0. The molecule has 0 saturated carbocycles. The van der Waals surface area contributed by atoms with E-state index in [4.69, 9.17) is 0 Å². The Morgan fingerprint density at radius 3 is 2.68 bits per heavy atom. The molecule has 0 aromatic heterocycles. The van der Waals surface area contributed by atoms with Crippen LogP contribution in [0.2, 0.25) is 0 Å². The summed E-state index contributed by atoms with van der Waals surface area (Å²) in [7, 11) is 1.89. The molecular weight excluding hydrogens is 312 g/mol. The van der Waals surface area contributed by atoms with Gasteiger partial charge in [-0.2, -0.15) is 0 Å². The van der Waals surface area contributed by atoms with Crippen LogP contribution >= 0.6 is 0 Å². The van der Waals surface area contributed by atoms with Gasteiger partial charge in [-0.15, -0.1) is 0 Å². The Bertz CT molecular complexity index is 859. The van der Waals surface area contributed by atoms with Crippen LogP contribution in [0.25, 0.3) is 0 Å². The van der Waals surface area contributed by atoms with Crippen molar-refractivity contribution in [2.45, 2.75) is 32.2 Å². The molecule has 2 amide bonds. The summed E-state index contributed by atoms with van der Waals surface area (Å²) < 4.78 is 0. The molecule has 0 spiro atoms. The van der Waals surface area contributed by atoms with E-state index in [1.165, 1.54) is 11.1 Å². The molecule has 128 valence electrons. The second kappa shape index (κ2) is 6.03. The number of nitrogens with zero attached hydrogens (tertiary/aromatic N) is 2. The van der Waals surface area contributed by atoms with Gasteiger partial charge in [-0.1, -0.05) is 24.3 Å². The van der Waals surface area contributed by atoms with Gasteiger partial charge >= 0.3 is 0 Å². The molecule has 1 heterocycles. The monoisotopic (exact) mass is 334 g/mol. The second-order valence-corrected chi connectivity index (χ2v) is 6.93. The first-order chi connectivity index (χ1) is 12.1. The largest absolute Gasteiger partial charge is 0.335 e. The minimum Gasteiger partial charge on any atom is -0.335 e. The molecule has 25 heavy (non-hydrogen) atoms. The highest BCUT2D eigenvalue weighted by Crippen LogP contribution is 2.36. The topological polar surface area (TPSA) is 40.6 Å². The van der Waals surface area contributed by atoms with Crippen LogP contribution in [0.3, 0.4) is 0 Å². The van der Waals surface area contributed by atoms with E-state index < -0.39 is 0 Å². The first kappa shape index (κ1) is 15.9. The molecule has 0 fully saturated rings. The van der Waals surface area contributed by atoms with Crippen LogP contribution in [0.4, 0.5) is 5.69 Å². The predicted octanol–water partition coefficient (Wildman–Crippen LogP) is 3.36. The Morgan fingerprint density at radius 2 is 1.88 bits per heavy atom. The molecule has 1 aliphatic carbocycles. The van der Waals surface area contributed by atoms with E-state index in [1.54, 1.807) is 11.8 Å². The average Bonchev–Trinajstić information content (AvgIpc) is 3.24. The van der Waals surface area contributed by atoms with Gasteiger partial charge in [0.15, 0.2) is 0 Å². The molecule has 1 aliphatic heterocycles. The molecule has 4 heteroatoms. The fraction of sp³-hybridized carbons (Fsp3) is 0.333. The Hall–Kier alpha value is -2.62. The van der Waals surface area contributed by atoms with Gasteiger partial charge in [0.1, 0.15) is 0 Å². The van der Waals surface area contributed by atoms with Gasteiger partial charge in [-0.25, -0.2) is 0 Å². The first-order valence-corrected chi connectivity index (χ1v) is 8.82. The number of carbonyl (C=O) groups excluding carboxylic acids is 2. The first-order valence-electron chi connectivity index (χ1n) is 8.82. The highest BCUT2D eigenvalue weighted by atomic mass is 16.2. The van der Waals surface area contributed by atoms with Crippen molar-refractivity contribution in [2.75, 3.05) is 18.5 Å². The standard InChI is InChI=1S/C21H22N2O2/c1-14(24)23-12-11-16-13-17(8-9-19(16)23)21(25)22(2)20-10-7-15-5-3-4-6-18(15)20/h3-6,8-9,13,20H,7,10-12H2,1-2H3. The molecule has 2 aliphatic rings. The molecule has 2 aromatic carbocycles. The number of anilines is 1. The van der Waals surface area contributed by atoms with Crippen molar-refractivity contribution >= 4 is 17.5 Å². The van der Waals surface area contributed by atoms with Crippen molar-refractivity contribution in [3.05, 3.63) is 64.7 Å². The summed E-state index contributed by atoms with van der Waals surface area (Å²) in [5, 5.41) is 0. The minimum atomic E-state index is 0.0470. The third-order valence-corrected chi connectivity index (χ3v) is 5.49. The number of hydrogen-bond acceptors (Lipinski definition) is 2. The van der Waals surface area contributed by atoms with Crippen LogP contribution < -0.4 is 4.90 Å². The van der Waals surface area contributed by atoms with Gasteiger partial charge < -0.3 is 9.80 Å². The van der Waals surface area contributed by atoms with Crippen LogP contribution in [-0.2, 0) is 17.6 Å². The zero-order valence-corrected chi connectivity index (χ0v) is 14.7. The van der Waals surface area contributed by atoms with Crippen LogP contribution in [-0.4, -0.2) is 30.3 Å². The fourth-order valence-electron chi connectivity index (χ4n) is 4.14. The van der Waals surface area contributed by atoms with E-state index >= 15 is 0 Å². The minimum absolute atomic E-state index is 0.0470. The number of rotatable bonds is 2. The van der Waals surface area contributed by atoms with Crippen LogP contribution in [0.5, 0.6) is 0 Å². The lowest BCUT2D eigenvalue weighted by Crippen LogP contribution is -2.30. The highest BCUT2D eigenvalue weighted by molar-refractivity contribution is 5.98. The summed E-state index contributed by atoms with van der Waals surface area (Å²) in [6.07, 6.45) is 2.81. The molecule has 4 nitrogen and oxygen atoms in total. The Labute approximate surface area is 148 Å². The van der Waals surface area contributed by atoms with E-state index in [9.17, 15) is 9.59 Å². The number of hydrogen-bond donors (Lipinski definition) is 0. The molecule has 0 saturated heterocycles. The van der Waals surface area contributed by atoms with Gasteiger partial charge in [-0.3, -0.25) is 9.59 Å². The summed E-state index contributed by atoms with van der Waals surface area (Å²) in [6, 6.07) is 14.2. The van der Waals surface area contributed by atoms with Gasteiger partial charge in [-0.05, 0) is 54.2 Å². The number of aryl methyl sites for hydroxylation is 1. The number of benzene rings is 2. The summed E-state index contributed by atoms with van der Waals surface area (Å²) in [4.78, 5) is 28.3. The third kappa shape index (κ3) is 2.62. The van der Waals surface area contributed by atoms with E-state index in [0.717, 1.165) is 30.5 Å². The molecule has 0 bridgehead atoms. The Kier molecular flexibility index (Phi) is 3.83. The van der Waals surface area contributed by atoms with Gasteiger partial charge in [0.05, 0.1) is 6.04 Å². The molecule has 0 radical (unpaired) electrons. The highest BCUT2D eigenvalue weighted by Gasteiger charge is 2.30. The number of amides is 2. The van der Waals surface area contributed by atoms with Crippen molar-refractivity contribution in [3.8, 4) is 0 Å². The van der Waals surface area contributed by atoms with E-state index in [-0.39, 0.29) is 17.9 Å². The lowest BCUT2D eigenvalue weighted by atomic mass is 10.0. The summed E-state index contributed by atoms with van der Waals surface area (Å²) in [6.45, 7) is 2.29. The lowest BCUT2D eigenvalue weighted by Gasteiger charge is -2.26. The van der Waals surface area contributed by atoms with Crippen molar-refractivity contribution < 1.29 is 9.59 Å². The maximum atomic E-state index is 13.0. The van der Waals surface area contributed by atoms with Crippen molar-refractivity contribution in [2.24, 2.45) is 0 Å². The molecule has 0 N–H and O–H groups in total. The molecule has 2 aromatic rings. The lowest BCUT2D eigenvalue weighted by molar-refractivity contribution is -0.116. The summed E-state index contributed by atoms with van der Waals surface area (Å²) in [5.74, 6) is 0.100. The zero-order chi connectivity index (χ0) is 17.6. The predicted molar refractivity (Wildman–Crippen MR) is 97.8 cm³/mol. The van der Waals surface area contributed by atoms with E-state index in [0.29, 0.717) is 12.1 Å². The van der Waals surface area contributed by atoms with Crippen LogP contribution in [0, 0.1) is 0 Å². The fourth-order valence-corrected chi connectivity index (χ4v) is 4.14. The Morgan fingerprint density at radius 1 is 1.08 bits per heavy atom. The Balaban J connectivity index is 1.59. The average molecular weight is 334 g/mol. The SMILES string of the molecule is CC(=O)N1CCc2cc(C(=O)N(C)C3CCc4ccccc43)ccc21. The van der Waals surface area contributed by atoms with Crippen molar-refractivity contribution in [1.82, 2.24) is 4.90 Å². The van der Waals surface area contributed by atoms with E-state index in [2.05, 4.69) is 18.2 Å². The van der Waals surface area contributed by atoms with Crippen molar-refractivity contribution in [3.63, 3.8) is 0 Å². The number of fused-ring (bicyclic) bond motifs is 2. The number of carbonyl (C=O) groups is 2. The quantitative estimate of drug-likeness (QED) is 0.845. The summed E-state index contributed by atoms with van der Waals surface area (Å²) in [5.41, 5.74) is 5.34. The molecule has 1 atom stereocenters. The van der Waals surface area contributed by atoms with Crippen LogP contribution in [0.1, 0.15) is 46.4 Å². The van der Waals surface area contributed by atoms with Gasteiger partial charge in [0.25, 0.3) is 5.91 Å². The second-order valence-electron chi connectivity index (χ2n) is 6.93. The normalized spacial score (nSPS) is 18.0. The molecule has 1 unspecified atom stereocenters. The third-order valence-electron chi connectivity index (χ3n) is 5.49. The van der Waals surface area contributed by atoms with Crippen molar-refractivity contribution in [1.29, 1.82) is 0 Å².